The second-order valence-electron chi connectivity index (χ2n) is 6.53. The molecule has 2 aromatic rings. The van der Waals surface area contributed by atoms with Gasteiger partial charge in [0, 0.05) is 34.5 Å². The van der Waals surface area contributed by atoms with Crippen molar-refractivity contribution in [2.75, 3.05) is 19.0 Å². The van der Waals surface area contributed by atoms with Crippen molar-refractivity contribution >= 4 is 46.2 Å². The fraction of sp³-hybridized carbons (Fsp3) is 0.227. The molecule has 0 N–H and O–H groups in total. The maximum atomic E-state index is 12.9. The number of benzene rings is 2. The normalized spacial score (nSPS) is 18.0. The average molecular weight is 443 g/mol. The molecule has 2 nitrogen and oxygen atoms in total. The maximum absolute atomic E-state index is 12.9. The van der Waals surface area contributed by atoms with Crippen LogP contribution in [0.4, 0.5) is 5.69 Å². The minimum atomic E-state index is 0.197. The van der Waals surface area contributed by atoms with E-state index < -0.39 is 0 Å². The van der Waals surface area contributed by atoms with Crippen LogP contribution in [0.2, 0.25) is 0 Å². The van der Waals surface area contributed by atoms with Gasteiger partial charge in [-0.15, -0.1) is 0 Å². The number of nitrogens with zero attached hydrogens (tertiary/aromatic N) is 1. The molecule has 1 saturated carbocycles. The number of allylic oxidation sites excluding steroid dienone is 2. The van der Waals surface area contributed by atoms with Gasteiger partial charge in [-0.3, -0.25) is 4.79 Å². The lowest BCUT2D eigenvalue weighted by molar-refractivity contribution is -0.112. The molecule has 25 heavy (non-hydrogen) atoms. The van der Waals surface area contributed by atoms with E-state index in [9.17, 15) is 4.79 Å². The van der Waals surface area contributed by atoms with Crippen LogP contribution >= 0.6 is 22.6 Å². The molecule has 1 aliphatic rings. The predicted octanol–water partition coefficient (Wildman–Crippen LogP) is 5.58. The van der Waals surface area contributed by atoms with E-state index in [0.717, 1.165) is 47.2 Å². The Labute approximate surface area is 163 Å². The summed E-state index contributed by atoms with van der Waals surface area (Å²) in [7, 11) is 4.06. The number of rotatable bonds is 3. The molecule has 0 aromatic heterocycles. The Hall–Kier alpha value is -1.88. The van der Waals surface area contributed by atoms with E-state index in [-0.39, 0.29) is 5.78 Å². The van der Waals surface area contributed by atoms with Gasteiger partial charge < -0.3 is 4.90 Å². The second kappa shape index (κ2) is 8.00. The van der Waals surface area contributed by atoms with Gasteiger partial charge in [0.2, 0.25) is 0 Å². The van der Waals surface area contributed by atoms with E-state index in [1.165, 1.54) is 3.57 Å². The highest BCUT2D eigenvalue weighted by atomic mass is 127. The number of hydrogen-bond donors (Lipinski definition) is 0. The molecule has 1 fully saturated rings. The number of carbonyl (C=O) groups is 1. The van der Waals surface area contributed by atoms with Crippen LogP contribution in [-0.4, -0.2) is 19.9 Å². The van der Waals surface area contributed by atoms with Crippen LogP contribution in [-0.2, 0) is 4.79 Å². The Morgan fingerprint density at radius 3 is 2.20 bits per heavy atom. The van der Waals surface area contributed by atoms with E-state index in [4.69, 9.17) is 0 Å². The van der Waals surface area contributed by atoms with E-state index in [2.05, 4.69) is 70.0 Å². The van der Waals surface area contributed by atoms with Gasteiger partial charge in [0.25, 0.3) is 0 Å². The second-order valence-corrected chi connectivity index (χ2v) is 7.69. The zero-order valence-electron chi connectivity index (χ0n) is 14.6. The fourth-order valence-electron chi connectivity index (χ4n) is 3.03. The first kappa shape index (κ1) is 17.9. The molecule has 3 heteroatoms. The summed E-state index contributed by atoms with van der Waals surface area (Å²) in [5.41, 5.74) is 5.22. The van der Waals surface area contributed by atoms with Crippen LogP contribution in [0.25, 0.3) is 12.2 Å². The lowest BCUT2D eigenvalue weighted by Gasteiger charge is -2.17. The van der Waals surface area contributed by atoms with Gasteiger partial charge in [-0.2, -0.15) is 0 Å². The standard InChI is InChI=1S/C22H22INO/c1-24(2)20-12-10-16(11-13-20)14-18-7-5-8-19(22(18)25)15-17-6-3-4-9-21(17)23/h3-4,6,9-15H,5,7-8H2,1-2H3/b18-14+,19-15+. The van der Waals surface area contributed by atoms with E-state index in [1.54, 1.807) is 0 Å². The van der Waals surface area contributed by atoms with Crippen molar-refractivity contribution in [1.82, 2.24) is 0 Å². The third-order valence-corrected chi connectivity index (χ3v) is 5.44. The molecule has 128 valence electrons. The van der Waals surface area contributed by atoms with Crippen LogP contribution in [0.3, 0.4) is 0 Å². The smallest absolute Gasteiger partial charge is 0.185 e. The monoisotopic (exact) mass is 443 g/mol. The molecule has 0 unspecified atom stereocenters. The van der Waals surface area contributed by atoms with Crippen molar-refractivity contribution < 1.29 is 4.79 Å². The zero-order chi connectivity index (χ0) is 17.8. The molecule has 0 spiro atoms. The highest BCUT2D eigenvalue weighted by molar-refractivity contribution is 14.1. The summed E-state index contributed by atoms with van der Waals surface area (Å²) in [6.07, 6.45) is 6.86. The first-order valence-corrected chi connectivity index (χ1v) is 9.60. The van der Waals surface area contributed by atoms with Crippen LogP contribution in [0, 0.1) is 3.57 Å². The third kappa shape index (κ3) is 4.40. The summed E-state index contributed by atoms with van der Waals surface area (Å²) in [6.45, 7) is 0. The zero-order valence-corrected chi connectivity index (χ0v) is 16.8. The SMILES string of the molecule is CN(C)c1ccc(/C=C2\CCC/C(=C\c3ccccc3I)C2=O)cc1. The minimum absolute atomic E-state index is 0.197. The van der Waals surface area contributed by atoms with Crippen molar-refractivity contribution in [2.24, 2.45) is 0 Å². The number of carbonyl (C=O) groups excluding carboxylic acids is 1. The highest BCUT2D eigenvalue weighted by Gasteiger charge is 2.20. The summed E-state index contributed by atoms with van der Waals surface area (Å²) in [4.78, 5) is 14.9. The molecule has 1 aliphatic carbocycles. The van der Waals surface area contributed by atoms with Crippen molar-refractivity contribution in [2.45, 2.75) is 19.3 Å². The molecule has 3 rings (SSSR count). The van der Waals surface area contributed by atoms with Crippen molar-refractivity contribution in [3.8, 4) is 0 Å². The van der Waals surface area contributed by atoms with Crippen molar-refractivity contribution in [3.05, 3.63) is 74.4 Å². The molecular formula is C22H22INO. The summed E-state index contributed by atoms with van der Waals surface area (Å²) in [5, 5.41) is 0. The first-order valence-electron chi connectivity index (χ1n) is 8.52. The number of Topliss-reactive ketones (excluding diaryl/α,β-unsaturated/α-hetero) is 1. The van der Waals surface area contributed by atoms with Crippen LogP contribution in [0.5, 0.6) is 0 Å². The average Bonchev–Trinajstić information content (AvgIpc) is 2.61. The minimum Gasteiger partial charge on any atom is -0.378 e. The Kier molecular flexibility index (Phi) is 5.74. The quantitative estimate of drug-likeness (QED) is 0.456. The number of anilines is 1. The summed E-state index contributed by atoms with van der Waals surface area (Å²) in [6, 6.07) is 16.5. The Balaban J connectivity index is 1.86. The van der Waals surface area contributed by atoms with Gasteiger partial charge in [0.15, 0.2) is 5.78 Å². The van der Waals surface area contributed by atoms with Gasteiger partial charge in [-0.1, -0.05) is 30.3 Å². The number of hydrogen-bond acceptors (Lipinski definition) is 2. The van der Waals surface area contributed by atoms with Gasteiger partial charge in [-0.05, 0) is 83.3 Å². The molecule has 0 radical (unpaired) electrons. The largest absolute Gasteiger partial charge is 0.378 e. The molecule has 0 bridgehead atoms. The molecule has 0 amide bonds. The van der Waals surface area contributed by atoms with Gasteiger partial charge in [0.1, 0.15) is 0 Å². The Morgan fingerprint density at radius 1 is 0.920 bits per heavy atom. The predicted molar refractivity (Wildman–Crippen MR) is 115 cm³/mol. The van der Waals surface area contributed by atoms with E-state index >= 15 is 0 Å². The molecular weight excluding hydrogens is 421 g/mol. The lowest BCUT2D eigenvalue weighted by Crippen LogP contribution is -2.12. The Morgan fingerprint density at radius 2 is 1.56 bits per heavy atom. The molecule has 2 aromatic carbocycles. The van der Waals surface area contributed by atoms with Gasteiger partial charge >= 0.3 is 0 Å². The van der Waals surface area contributed by atoms with Crippen LogP contribution in [0.1, 0.15) is 30.4 Å². The lowest BCUT2D eigenvalue weighted by atomic mass is 9.87. The molecule has 0 heterocycles. The molecule has 0 aliphatic heterocycles. The van der Waals surface area contributed by atoms with Gasteiger partial charge in [0.05, 0.1) is 0 Å². The molecule has 0 atom stereocenters. The summed E-state index contributed by atoms with van der Waals surface area (Å²) < 4.78 is 1.18. The van der Waals surface area contributed by atoms with Gasteiger partial charge in [-0.25, -0.2) is 0 Å². The topological polar surface area (TPSA) is 20.3 Å². The number of halogens is 1. The summed E-state index contributed by atoms with van der Waals surface area (Å²) in [5.74, 6) is 0.197. The van der Waals surface area contributed by atoms with Crippen LogP contribution in [0.15, 0.2) is 59.7 Å². The first-order chi connectivity index (χ1) is 12.0. The van der Waals surface area contributed by atoms with Crippen LogP contribution < -0.4 is 4.90 Å². The van der Waals surface area contributed by atoms with E-state index in [1.807, 2.05) is 32.3 Å². The molecule has 0 saturated heterocycles. The highest BCUT2D eigenvalue weighted by Crippen LogP contribution is 2.29. The van der Waals surface area contributed by atoms with Crippen molar-refractivity contribution in [3.63, 3.8) is 0 Å². The summed E-state index contributed by atoms with van der Waals surface area (Å²) >= 11 is 2.32. The Bertz CT molecular complexity index is 831. The van der Waals surface area contributed by atoms with Crippen molar-refractivity contribution in [1.29, 1.82) is 0 Å². The maximum Gasteiger partial charge on any atom is 0.185 e. The van der Waals surface area contributed by atoms with E-state index in [0.29, 0.717) is 0 Å². The third-order valence-electron chi connectivity index (χ3n) is 4.46. The number of ketones is 1. The fourth-order valence-corrected chi connectivity index (χ4v) is 3.57.